The van der Waals surface area contributed by atoms with Crippen LogP contribution in [0.4, 0.5) is 0 Å². The van der Waals surface area contributed by atoms with E-state index in [4.69, 9.17) is 9.47 Å². The summed E-state index contributed by atoms with van der Waals surface area (Å²) in [5.74, 6) is 0.444. The standard InChI is InChI=1S/C21H39NO5S/c1-5-26-20(23)9-7-6-8-17-10-13-22(14-11-17)28(24,25)18-12-15-27-19(16-18)21(2,3)4/h17-19H,5-16H2,1-4H3. The first-order valence-electron chi connectivity index (χ1n) is 10.9. The lowest BCUT2D eigenvalue weighted by molar-refractivity contribution is -0.143. The van der Waals surface area contributed by atoms with Gasteiger partial charge >= 0.3 is 5.97 Å². The van der Waals surface area contributed by atoms with Crippen LogP contribution in [0.2, 0.25) is 0 Å². The van der Waals surface area contributed by atoms with Gasteiger partial charge in [-0.05, 0) is 50.4 Å². The fourth-order valence-electron chi connectivity index (χ4n) is 4.24. The Morgan fingerprint density at radius 2 is 1.82 bits per heavy atom. The molecule has 28 heavy (non-hydrogen) atoms. The van der Waals surface area contributed by atoms with Gasteiger partial charge in [-0.3, -0.25) is 4.79 Å². The number of nitrogens with zero attached hydrogens (tertiary/aromatic N) is 1. The largest absolute Gasteiger partial charge is 0.466 e. The Morgan fingerprint density at radius 1 is 1.14 bits per heavy atom. The van der Waals surface area contributed by atoms with Gasteiger partial charge in [-0.2, -0.15) is 0 Å². The predicted molar refractivity (Wildman–Crippen MR) is 111 cm³/mol. The molecule has 2 unspecified atom stereocenters. The molecule has 0 N–H and O–H groups in total. The lowest BCUT2D eigenvalue weighted by Crippen LogP contribution is -2.48. The van der Waals surface area contributed by atoms with Gasteiger partial charge in [-0.25, -0.2) is 12.7 Å². The van der Waals surface area contributed by atoms with Crippen LogP contribution < -0.4 is 0 Å². The minimum atomic E-state index is -3.25. The third kappa shape index (κ3) is 6.70. The molecule has 7 heteroatoms. The Morgan fingerprint density at radius 3 is 2.43 bits per heavy atom. The van der Waals surface area contributed by atoms with Crippen molar-refractivity contribution >= 4 is 16.0 Å². The zero-order valence-electron chi connectivity index (χ0n) is 18.1. The van der Waals surface area contributed by atoms with Crippen LogP contribution in [0.3, 0.4) is 0 Å². The second-order valence-electron chi connectivity index (χ2n) is 9.31. The lowest BCUT2D eigenvalue weighted by Gasteiger charge is -2.40. The summed E-state index contributed by atoms with van der Waals surface area (Å²) in [4.78, 5) is 11.4. The molecular weight excluding hydrogens is 378 g/mol. The first-order chi connectivity index (χ1) is 13.1. The van der Waals surface area contributed by atoms with Gasteiger partial charge in [0.05, 0.1) is 18.0 Å². The summed E-state index contributed by atoms with van der Waals surface area (Å²) in [6, 6.07) is 0. The molecule has 2 aliphatic rings. The minimum absolute atomic E-state index is 0.00189. The van der Waals surface area contributed by atoms with E-state index >= 15 is 0 Å². The summed E-state index contributed by atoms with van der Waals surface area (Å²) in [6.45, 7) is 10.4. The van der Waals surface area contributed by atoms with Crippen LogP contribution in [0.25, 0.3) is 0 Å². The van der Waals surface area contributed by atoms with Crippen molar-refractivity contribution in [1.82, 2.24) is 4.31 Å². The Balaban J connectivity index is 1.76. The third-order valence-corrected chi connectivity index (χ3v) is 8.46. The maximum atomic E-state index is 13.1. The summed E-state index contributed by atoms with van der Waals surface area (Å²) in [6.07, 6.45) is 6.45. The van der Waals surface area contributed by atoms with E-state index in [0.29, 0.717) is 51.5 Å². The molecular formula is C21H39NO5S. The maximum absolute atomic E-state index is 13.1. The fraction of sp³-hybridized carbons (Fsp3) is 0.952. The highest BCUT2D eigenvalue weighted by atomic mass is 32.2. The number of ether oxygens (including phenoxy) is 2. The van der Waals surface area contributed by atoms with Crippen LogP contribution in [0.5, 0.6) is 0 Å². The van der Waals surface area contributed by atoms with E-state index < -0.39 is 10.0 Å². The monoisotopic (exact) mass is 417 g/mol. The van der Waals surface area contributed by atoms with Crippen LogP contribution >= 0.6 is 0 Å². The highest BCUT2D eigenvalue weighted by Crippen LogP contribution is 2.34. The highest BCUT2D eigenvalue weighted by molar-refractivity contribution is 7.89. The molecule has 0 aromatic rings. The van der Waals surface area contributed by atoms with Crippen LogP contribution in [0.1, 0.15) is 79.1 Å². The molecule has 2 fully saturated rings. The van der Waals surface area contributed by atoms with Crippen molar-refractivity contribution in [3.05, 3.63) is 0 Å². The lowest BCUT2D eigenvalue weighted by atomic mass is 9.85. The van der Waals surface area contributed by atoms with Crippen LogP contribution in [-0.2, 0) is 24.3 Å². The van der Waals surface area contributed by atoms with Crippen molar-refractivity contribution in [2.45, 2.75) is 90.4 Å². The number of carbonyl (C=O) groups is 1. The van der Waals surface area contributed by atoms with E-state index in [-0.39, 0.29) is 22.7 Å². The molecule has 6 nitrogen and oxygen atoms in total. The summed E-state index contributed by atoms with van der Waals surface area (Å²) >= 11 is 0. The van der Waals surface area contributed by atoms with Gasteiger partial charge < -0.3 is 9.47 Å². The number of hydrogen-bond donors (Lipinski definition) is 0. The molecule has 0 saturated carbocycles. The average Bonchev–Trinajstić information content (AvgIpc) is 2.65. The van der Waals surface area contributed by atoms with E-state index in [0.717, 1.165) is 32.1 Å². The van der Waals surface area contributed by atoms with Gasteiger partial charge in [0.1, 0.15) is 0 Å². The molecule has 0 radical (unpaired) electrons. The van der Waals surface area contributed by atoms with Crippen LogP contribution in [0, 0.1) is 11.3 Å². The number of rotatable bonds is 8. The molecule has 2 rings (SSSR count). The topological polar surface area (TPSA) is 72.9 Å². The van der Waals surface area contributed by atoms with Crippen molar-refractivity contribution in [3.63, 3.8) is 0 Å². The van der Waals surface area contributed by atoms with Crippen molar-refractivity contribution in [1.29, 1.82) is 0 Å². The Hall–Kier alpha value is -0.660. The van der Waals surface area contributed by atoms with Crippen molar-refractivity contribution < 1.29 is 22.7 Å². The first-order valence-corrected chi connectivity index (χ1v) is 12.4. The van der Waals surface area contributed by atoms with Gasteiger partial charge in [0.25, 0.3) is 0 Å². The van der Waals surface area contributed by atoms with E-state index in [1.165, 1.54) is 0 Å². The highest BCUT2D eigenvalue weighted by Gasteiger charge is 2.40. The van der Waals surface area contributed by atoms with E-state index in [1.54, 1.807) is 4.31 Å². The molecule has 164 valence electrons. The molecule has 2 saturated heterocycles. The quantitative estimate of drug-likeness (QED) is 0.444. The minimum Gasteiger partial charge on any atom is -0.466 e. The summed E-state index contributed by atoms with van der Waals surface area (Å²) in [7, 11) is -3.25. The number of esters is 1. The Labute approximate surface area is 171 Å². The van der Waals surface area contributed by atoms with Crippen LogP contribution in [-0.4, -0.2) is 56.3 Å². The van der Waals surface area contributed by atoms with Crippen molar-refractivity contribution in [2.75, 3.05) is 26.3 Å². The molecule has 0 aromatic heterocycles. The Kier molecular flexibility index (Phi) is 8.77. The molecule has 0 spiro atoms. The van der Waals surface area contributed by atoms with Crippen molar-refractivity contribution in [3.8, 4) is 0 Å². The summed E-state index contributed by atoms with van der Waals surface area (Å²) in [5, 5.41) is -0.313. The second-order valence-corrected chi connectivity index (χ2v) is 11.5. The molecule has 0 bridgehead atoms. The van der Waals surface area contributed by atoms with Gasteiger partial charge in [0.2, 0.25) is 10.0 Å². The van der Waals surface area contributed by atoms with Gasteiger partial charge in [-0.15, -0.1) is 0 Å². The SMILES string of the molecule is CCOC(=O)CCCCC1CCN(S(=O)(=O)C2CCOC(C(C)(C)C)C2)CC1. The average molecular weight is 418 g/mol. The number of hydrogen-bond acceptors (Lipinski definition) is 5. The van der Waals surface area contributed by atoms with E-state index in [2.05, 4.69) is 20.8 Å². The number of carbonyl (C=O) groups excluding carboxylic acids is 1. The van der Waals surface area contributed by atoms with Gasteiger partial charge in [0, 0.05) is 26.1 Å². The smallest absolute Gasteiger partial charge is 0.305 e. The normalized spacial score (nSPS) is 25.6. The number of piperidine rings is 1. The Bertz CT molecular complexity index is 590. The fourth-order valence-corrected chi connectivity index (χ4v) is 6.19. The molecule has 0 aromatic carbocycles. The van der Waals surface area contributed by atoms with Gasteiger partial charge in [-0.1, -0.05) is 33.6 Å². The molecule has 2 aliphatic heterocycles. The van der Waals surface area contributed by atoms with E-state index in [9.17, 15) is 13.2 Å². The molecule has 0 amide bonds. The summed E-state index contributed by atoms with van der Waals surface area (Å²) < 4.78 is 38.8. The second kappa shape index (κ2) is 10.4. The zero-order chi connectivity index (χ0) is 20.8. The summed E-state index contributed by atoms with van der Waals surface area (Å²) in [5.41, 5.74) is -0.0370. The molecule has 2 heterocycles. The van der Waals surface area contributed by atoms with Crippen molar-refractivity contribution in [2.24, 2.45) is 11.3 Å². The molecule has 2 atom stereocenters. The number of sulfonamides is 1. The zero-order valence-corrected chi connectivity index (χ0v) is 18.9. The van der Waals surface area contributed by atoms with Gasteiger partial charge in [0.15, 0.2) is 0 Å². The van der Waals surface area contributed by atoms with Crippen LogP contribution in [0.15, 0.2) is 0 Å². The van der Waals surface area contributed by atoms with E-state index in [1.807, 2.05) is 6.92 Å². The first kappa shape index (κ1) is 23.6. The third-order valence-electron chi connectivity index (χ3n) is 6.10. The maximum Gasteiger partial charge on any atom is 0.305 e. The predicted octanol–water partition coefficient (Wildman–Crippen LogP) is 3.75. The number of unbranched alkanes of at least 4 members (excludes halogenated alkanes) is 1. The molecule has 0 aliphatic carbocycles.